The van der Waals surface area contributed by atoms with Crippen molar-refractivity contribution in [1.29, 1.82) is 0 Å². The molecule has 4 N–H and O–H groups in total. The van der Waals surface area contributed by atoms with Gasteiger partial charge < -0.3 is 30.4 Å². The number of hydrogen-bond acceptors (Lipinski definition) is 8. The number of benzene rings is 2. The van der Waals surface area contributed by atoms with Crippen LogP contribution in [0.3, 0.4) is 0 Å². The van der Waals surface area contributed by atoms with E-state index in [0.29, 0.717) is 65.8 Å². The van der Waals surface area contributed by atoms with Crippen molar-refractivity contribution in [2.75, 3.05) is 37.5 Å². The van der Waals surface area contributed by atoms with Crippen molar-refractivity contribution >= 4 is 22.4 Å². The molecule has 1 aromatic heterocycles. The minimum atomic E-state index is -3.51. The Labute approximate surface area is 220 Å². The number of nitrogen functional groups attached to an aromatic ring is 1. The number of rotatable bonds is 10. The van der Waals surface area contributed by atoms with Crippen LogP contribution < -0.4 is 15.8 Å². The Bertz CT molecular complexity index is 1360. The molecule has 1 atom stereocenters. The van der Waals surface area contributed by atoms with Gasteiger partial charge in [0.25, 0.3) is 0 Å². The van der Waals surface area contributed by atoms with E-state index in [1.54, 1.807) is 32.0 Å². The van der Waals surface area contributed by atoms with E-state index in [2.05, 4.69) is 21.2 Å². The molecule has 0 bridgehead atoms. The smallest absolute Gasteiger partial charge is 0.300 e. The van der Waals surface area contributed by atoms with Crippen LogP contribution in [0.1, 0.15) is 49.3 Å². The Hall–Kier alpha value is -3.52. The summed E-state index contributed by atoms with van der Waals surface area (Å²) < 4.78 is 46.4. The molecule has 0 amide bonds. The first kappa shape index (κ1) is 27.5. The van der Waals surface area contributed by atoms with Crippen LogP contribution in [0.4, 0.5) is 20.3 Å². The van der Waals surface area contributed by atoms with Crippen LogP contribution in [-0.4, -0.2) is 53.2 Å². The van der Waals surface area contributed by atoms with Gasteiger partial charge in [-0.3, -0.25) is 0 Å². The molecule has 1 fully saturated rings. The maximum absolute atomic E-state index is 14.9. The predicted octanol–water partition coefficient (Wildman–Crippen LogP) is 4.33. The third-order valence-corrected chi connectivity index (χ3v) is 6.33. The summed E-state index contributed by atoms with van der Waals surface area (Å²) in [6.07, 6.45) is 5.81. The standard InChI is InChI=1S/C28H32F2N4O4/c1-6-18-11-24-23(13-25(18)38-8-7-37-22-14-36-15-22)26(34-17(3)33-24)32-16(2)19-9-20(12-21(31)10-19)28(29,30)27(4,5)35/h1,9-13,16,22,35H,7-8,14-15,31H2,2-5H3,(H,32,33,34)/t16-/m1/s1. The van der Waals surface area contributed by atoms with Crippen LogP contribution in [0, 0.1) is 19.3 Å². The highest BCUT2D eigenvalue weighted by molar-refractivity contribution is 5.92. The number of aliphatic hydroxyl groups is 1. The molecule has 10 heteroatoms. The van der Waals surface area contributed by atoms with E-state index < -0.39 is 17.6 Å². The van der Waals surface area contributed by atoms with Crippen LogP contribution in [0.5, 0.6) is 5.75 Å². The summed E-state index contributed by atoms with van der Waals surface area (Å²) in [6.45, 7) is 7.52. The Morgan fingerprint density at radius 1 is 1.21 bits per heavy atom. The molecule has 1 aliphatic heterocycles. The second-order valence-electron chi connectivity index (χ2n) is 9.90. The molecule has 3 aromatic rings. The molecule has 4 rings (SSSR count). The largest absolute Gasteiger partial charge is 0.490 e. The van der Waals surface area contributed by atoms with Crippen molar-refractivity contribution in [2.24, 2.45) is 0 Å². The van der Waals surface area contributed by atoms with Crippen LogP contribution in [0.15, 0.2) is 30.3 Å². The molecule has 8 nitrogen and oxygen atoms in total. The number of halogens is 2. The van der Waals surface area contributed by atoms with Gasteiger partial charge in [0.1, 0.15) is 35.7 Å². The van der Waals surface area contributed by atoms with Crippen molar-refractivity contribution in [2.45, 2.75) is 51.4 Å². The summed E-state index contributed by atoms with van der Waals surface area (Å²) in [5, 5.41) is 14.0. The Morgan fingerprint density at radius 3 is 2.58 bits per heavy atom. The highest BCUT2D eigenvalue weighted by Crippen LogP contribution is 2.40. The third kappa shape index (κ3) is 5.80. The second-order valence-corrected chi connectivity index (χ2v) is 9.90. The molecule has 2 heterocycles. The molecule has 1 aliphatic rings. The van der Waals surface area contributed by atoms with Crippen LogP contribution in [-0.2, 0) is 15.4 Å². The molecule has 38 heavy (non-hydrogen) atoms. The Kier molecular flexibility index (Phi) is 7.74. The van der Waals surface area contributed by atoms with Crippen molar-refractivity contribution in [1.82, 2.24) is 9.97 Å². The van der Waals surface area contributed by atoms with E-state index in [4.69, 9.17) is 26.4 Å². The molecule has 0 radical (unpaired) electrons. The zero-order valence-electron chi connectivity index (χ0n) is 21.8. The lowest BCUT2D eigenvalue weighted by Gasteiger charge is -2.30. The average Bonchev–Trinajstić information content (AvgIpc) is 2.81. The SMILES string of the molecule is C#Cc1cc2nc(C)nc(N[C@H](C)c3cc(N)cc(C(F)(F)C(C)(C)O)c3)c2cc1OCCOC1COC1. The average molecular weight is 527 g/mol. The zero-order valence-corrected chi connectivity index (χ0v) is 21.8. The Balaban J connectivity index is 1.63. The number of aromatic nitrogens is 2. The van der Waals surface area contributed by atoms with Gasteiger partial charge in [0.2, 0.25) is 0 Å². The molecule has 0 saturated carbocycles. The first-order valence-corrected chi connectivity index (χ1v) is 12.3. The van der Waals surface area contributed by atoms with E-state index in [1.165, 1.54) is 12.1 Å². The lowest BCUT2D eigenvalue weighted by Crippen LogP contribution is -2.40. The van der Waals surface area contributed by atoms with Gasteiger partial charge in [-0.25, -0.2) is 9.97 Å². The van der Waals surface area contributed by atoms with Gasteiger partial charge in [0.15, 0.2) is 0 Å². The highest BCUT2D eigenvalue weighted by Gasteiger charge is 2.47. The van der Waals surface area contributed by atoms with Crippen molar-refractivity contribution in [3.8, 4) is 18.1 Å². The van der Waals surface area contributed by atoms with Crippen LogP contribution >= 0.6 is 0 Å². The van der Waals surface area contributed by atoms with Crippen molar-refractivity contribution in [3.05, 3.63) is 52.8 Å². The van der Waals surface area contributed by atoms with Gasteiger partial charge >= 0.3 is 5.92 Å². The number of nitrogens with one attached hydrogen (secondary N) is 1. The molecular weight excluding hydrogens is 494 g/mol. The summed E-state index contributed by atoms with van der Waals surface area (Å²) in [4.78, 5) is 9.05. The molecule has 2 aromatic carbocycles. The maximum Gasteiger partial charge on any atom is 0.300 e. The summed E-state index contributed by atoms with van der Waals surface area (Å²) in [5.74, 6) is 0.582. The monoisotopic (exact) mass is 526 g/mol. The number of terminal acetylenes is 1. The van der Waals surface area contributed by atoms with Gasteiger partial charge in [-0.05, 0) is 63.6 Å². The zero-order chi connectivity index (χ0) is 27.7. The lowest BCUT2D eigenvalue weighted by atomic mass is 9.91. The number of nitrogens with two attached hydrogens (primary N) is 1. The van der Waals surface area contributed by atoms with E-state index in [-0.39, 0.29) is 17.4 Å². The first-order chi connectivity index (χ1) is 17.9. The summed E-state index contributed by atoms with van der Waals surface area (Å²) in [7, 11) is 0. The van der Waals surface area contributed by atoms with E-state index in [9.17, 15) is 13.9 Å². The number of hydrogen-bond donors (Lipinski definition) is 3. The summed E-state index contributed by atoms with van der Waals surface area (Å²) in [6, 6.07) is 7.15. The van der Waals surface area contributed by atoms with Gasteiger partial charge in [-0.1, -0.05) is 5.92 Å². The van der Waals surface area contributed by atoms with E-state index in [0.717, 1.165) is 13.8 Å². The first-order valence-electron chi connectivity index (χ1n) is 12.3. The fraction of sp³-hybridized carbons (Fsp3) is 0.429. The van der Waals surface area contributed by atoms with Gasteiger partial charge in [-0.15, -0.1) is 6.42 Å². The lowest BCUT2D eigenvalue weighted by molar-refractivity contribution is -0.168. The topological polar surface area (TPSA) is 112 Å². The molecular formula is C28H32F2N4O4. The van der Waals surface area contributed by atoms with E-state index >= 15 is 0 Å². The summed E-state index contributed by atoms with van der Waals surface area (Å²) >= 11 is 0. The summed E-state index contributed by atoms with van der Waals surface area (Å²) in [5.41, 5.74) is 5.13. The fourth-order valence-corrected chi connectivity index (χ4v) is 4.04. The Morgan fingerprint density at radius 2 is 1.95 bits per heavy atom. The normalized spacial score (nSPS) is 15.1. The molecule has 202 valence electrons. The second kappa shape index (κ2) is 10.7. The van der Waals surface area contributed by atoms with Gasteiger partial charge in [-0.2, -0.15) is 8.78 Å². The number of ether oxygens (including phenoxy) is 3. The number of aryl methyl sites for hydroxylation is 1. The van der Waals surface area contributed by atoms with Crippen LogP contribution in [0.2, 0.25) is 0 Å². The molecule has 0 unspecified atom stereocenters. The predicted molar refractivity (Wildman–Crippen MR) is 141 cm³/mol. The number of fused-ring (bicyclic) bond motifs is 1. The van der Waals surface area contributed by atoms with Gasteiger partial charge in [0, 0.05) is 16.6 Å². The quantitative estimate of drug-likeness (QED) is 0.203. The number of alkyl halides is 2. The van der Waals surface area contributed by atoms with Crippen molar-refractivity contribution in [3.63, 3.8) is 0 Å². The van der Waals surface area contributed by atoms with Crippen LogP contribution in [0.25, 0.3) is 10.9 Å². The fourth-order valence-electron chi connectivity index (χ4n) is 4.04. The highest BCUT2D eigenvalue weighted by atomic mass is 19.3. The minimum absolute atomic E-state index is 0.0897. The third-order valence-electron chi connectivity index (χ3n) is 6.33. The number of nitrogens with zero attached hydrogens (tertiary/aromatic N) is 2. The molecule has 0 spiro atoms. The van der Waals surface area contributed by atoms with E-state index in [1.807, 2.05) is 0 Å². The van der Waals surface area contributed by atoms with Crippen molar-refractivity contribution < 1.29 is 28.1 Å². The maximum atomic E-state index is 14.9. The molecule has 0 aliphatic carbocycles. The molecule has 1 saturated heterocycles. The minimum Gasteiger partial charge on any atom is -0.490 e. The van der Waals surface area contributed by atoms with Gasteiger partial charge in [0.05, 0.1) is 36.9 Å². The number of anilines is 2.